The van der Waals surface area contributed by atoms with Gasteiger partial charge in [-0.15, -0.1) is 0 Å². The van der Waals surface area contributed by atoms with Crippen molar-refractivity contribution in [1.29, 1.82) is 0 Å². The summed E-state index contributed by atoms with van der Waals surface area (Å²) in [5.74, 6) is 0.960. The van der Waals surface area contributed by atoms with Crippen LogP contribution in [0.5, 0.6) is 0 Å². The molecule has 0 aromatic heterocycles. The summed E-state index contributed by atoms with van der Waals surface area (Å²) in [4.78, 5) is 11.6. The molecule has 0 radical (unpaired) electrons. The minimum absolute atomic E-state index is 0.0206. The van der Waals surface area contributed by atoms with Crippen LogP contribution in [-0.4, -0.2) is 12.1 Å². The molecular formula is C14H22O2. The average Bonchev–Trinajstić information content (AvgIpc) is 2.16. The Hall–Kier alpha value is -0.790. The van der Waals surface area contributed by atoms with Crippen molar-refractivity contribution < 1.29 is 9.53 Å². The molecule has 3 aliphatic rings. The minimum Gasteiger partial charge on any atom is -0.461 e. The zero-order valence-electron chi connectivity index (χ0n) is 10.7. The van der Waals surface area contributed by atoms with Gasteiger partial charge in [0.05, 0.1) is 0 Å². The molecule has 0 aromatic carbocycles. The Kier molecular flexibility index (Phi) is 2.85. The van der Waals surface area contributed by atoms with Gasteiger partial charge < -0.3 is 4.74 Å². The van der Waals surface area contributed by atoms with Crippen molar-refractivity contribution in [2.24, 2.45) is 17.3 Å². The minimum atomic E-state index is -0.0206. The topological polar surface area (TPSA) is 26.3 Å². The highest BCUT2D eigenvalue weighted by Gasteiger charge is 2.60. The van der Waals surface area contributed by atoms with Crippen LogP contribution in [0, 0.1) is 17.3 Å². The van der Waals surface area contributed by atoms with E-state index in [1.165, 1.54) is 5.57 Å². The number of esters is 1. The van der Waals surface area contributed by atoms with Gasteiger partial charge in [0.2, 0.25) is 0 Å². The van der Waals surface area contributed by atoms with Gasteiger partial charge in [-0.05, 0) is 25.2 Å². The average molecular weight is 222 g/mol. The van der Waals surface area contributed by atoms with Gasteiger partial charge in [0.1, 0.15) is 6.10 Å². The number of hydrogen-bond donors (Lipinski definition) is 0. The number of fused-ring (bicyclic) bond motifs is 1. The van der Waals surface area contributed by atoms with Crippen LogP contribution in [0.25, 0.3) is 0 Å². The first-order valence-corrected chi connectivity index (χ1v) is 6.34. The third-order valence-corrected chi connectivity index (χ3v) is 4.39. The maximum absolute atomic E-state index is 11.6. The van der Waals surface area contributed by atoms with E-state index in [0.717, 1.165) is 12.8 Å². The molecule has 0 spiro atoms. The molecule has 0 aliphatic heterocycles. The summed E-state index contributed by atoms with van der Waals surface area (Å²) >= 11 is 0. The smallest absolute Gasteiger partial charge is 0.306 e. The summed E-state index contributed by atoms with van der Waals surface area (Å²) in [5, 5.41) is 0. The standard InChI is InChI=1S/C14H22O2/c1-5-6-11(15)16-13-10-8-7-9(2)12(13)14(10,3)4/h7,10,12-13H,5-6,8H2,1-4H3. The highest BCUT2D eigenvalue weighted by atomic mass is 16.5. The Bertz CT molecular complexity index is 328. The predicted octanol–water partition coefficient (Wildman–Crippen LogP) is 3.32. The predicted molar refractivity (Wildman–Crippen MR) is 63.9 cm³/mol. The SMILES string of the molecule is CCCC(=O)OC1C2CC=C(C)C1C2(C)C. The molecule has 0 aromatic rings. The van der Waals surface area contributed by atoms with E-state index in [4.69, 9.17) is 4.74 Å². The number of allylic oxidation sites excluding steroid dienone is 1. The molecule has 3 atom stereocenters. The first-order chi connectivity index (χ1) is 7.48. The lowest BCUT2D eigenvalue weighted by Gasteiger charge is -2.60. The van der Waals surface area contributed by atoms with E-state index in [1.807, 2.05) is 6.92 Å². The Morgan fingerprint density at radius 2 is 2.25 bits per heavy atom. The molecule has 3 unspecified atom stereocenters. The Morgan fingerprint density at radius 1 is 1.56 bits per heavy atom. The lowest BCUT2D eigenvalue weighted by Crippen LogP contribution is -2.61. The van der Waals surface area contributed by atoms with Crippen LogP contribution in [0.1, 0.15) is 47.0 Å². The summed E-state index contributed by atoms with van der Waals surface area (Å²) in [7, 11) is 0. The summed E-state index contributed by atoms with van der Waals surface area (Å²) in [6, 6.07) is 0. The van der Waals surface area contributed by atoms with Crippen LogP contribution in [0.2, 0.25) is 0 Å². The van der Waals surface area contributed by atoms with E-state index >= 15 is 0 Å². The van der Waals surface area contributed by atoms with E-state index in [0.29, 0.717) is 23.7 Å². The van der Waals surface area contributed by atoms with Gasteiger partial charge in [0, 0.05) is 18.3 Å². The van der Waals surface area contributed by atoms with Crippen molar-refractivity contribution in [3.63, 3.8) is 0 Å². The zero-order chi connectivity index (χ0) is 11.9. The Morgan fingerprint density at radius 3 is 2.75 bits per heavy atom. The first kappa shape index (κ1) is 11.7. The van der Waals surface area contributed by atoms with Crippen LogP contribution in [0.15, 0.2) is 11.6 Å². The van der Waals surface area contributed by atoms with E-state index in [1.54, 1.807) is 0 Å². The number of ether oxygens (including phenoxy) is 1. The maximum Gasteiger partial charge on any atom is 0.306 e. The molecule has 3 rings (SSSR count). The molecule has 0 saturated heterocycles. The van der Waals surface area contributed by atoms with Gasteiger partial charge in [-0.3, -0.25) is 4.79 Å². The molecule has 1 fully saturated rings. The third-order valence-electron chi connectivity index (χ3n) is 4.39. The van der Waals surface area contributed by atoms with Crippen LogP contribution in [0.3, 0.4) is 0 Å². The van der Waals surface area contributed by atoms with Crippen molar-refractivity contribution in [2.45, 2.75) is 53.1 Å². The van der Waals surface area contributed by atoms with E-state index in [2.05, 4.69) is 26.8 Å². The first-order valence-electron chi connectivity index (χ1n) is 6.34. The fourth-order valence-electron chi connectivity index (χ4n) is 3.48. The van der Waals surface area contributed by atoms with E-state index < -0.39 is 0 Å². The fourth-order valence-corrected chi connectivity index (χ4v) is 3.48. The molecule has 2 nitrogen and oxygen atoms in total. The number of carbonyl (C=O) groups excluding carboxylic acids is 1. The highest BCUT2D eigenvalue weighted by Crippen LogP contribution is 2.60. The van der Waals surface area contributed by atoms with Gasteiger partial charge in [-0.25, -0.2) is 0 Å². The lowest BCUT2D eigenvalue weighted by atomic mass is 9.47. The molecule has 3 aliphatic carbocycles. The number of rotatable bonds is 3. The fraction of sp³-hybridized carbons (Fsp3) is 0.786. The van der Waals surface area contributed by atoms with E-state index in [9.17, 15) is 4.79 Å². The molecule has 0 N–H and O–H groups in total. The van der Waals surface area contributed by atoms with Crippen molar-refractivity contribution in [3.05, 3.63) is 11.6 Å². The van der Waals surface area contributed by atoms with Crippen LogP contribution >= 0.6 is 0 Å². The maximum atomic E-state index is 11.6. The van der Waals surface area contributed by atoms with Crippen LogP contribution in [0.4, 0.5) is 0 Å². The van der Waals surface area contributed by atoms with Gasteiger partial charge in [-0.2, -0.15) is 0 Å². The summed E-state index contributed by atoms with van der Waals surface area (Å²) in [5.41, 5.74) is 1.72. The lowest BCUT2D eigenvalue weighted by molar-refractivity contribution is -0.192. The van der Waals surface area contributed by atoms with Crippen LogP contribution < -0.4 is 0 Å². The molecule has 2 bridgehead atoms. The van der Waals surface area contributed by atoms with Gasteiger partial charge in [-0.1, -0.05) is 32.4 Å². The van der Waals surface area contributed by atoms with Crippen molar-refractivity contribution in [1.82, 2.24) is 0 Å². The molecule has 0 amide bonds. The Labute approximate surface area is 98.1 Å². The van der Waals surface area contributed by atoms with Crippen molar-refractivity contribution >= 4 is 5.97 Å². The van der Waals surface area contributed by atoms with Crippen molar-refractivity contribution in [3.8, 4) is 0 Å². The highest BCUT2D eigenvalue weighted by molar-refractivity contribution is 5.69. The van der Waals surface area contributed by atoms with Crippen molar-refractivity contribution in [2.75, 3.05) is 0 Å². The quantitative estimate of drug-likeness (QED) is 0.541. The molecule has 90 valence electrons. The third kappa shape index (κ3) is 1.59. The van der Waals surface area contributed by atoms with Gasteiger partial charge in [0.25, 0.3) is 0 Å². The second-order valence-corrected chi connectivity index (χ2v) is 5.79. The Balaban J connectivity index is 2.05. The summed E-state index contributed by atoms with van der Waals surface area (Å²) in [6.07, 6.45) is 4.96. The second-order valence-electron chi connectivity index (χ2n) is 5.79. The largest absolute Gasteiger partial charge is 0.461 e. The van der Waals surface area contributed by atoms with Gasteiger partial charge in [0.15, 0.2) is 0 Å². The molecule has 2 heteroatoms. The second kappa shape index (κ2) is 3.90. The number of hydrogen-bond acceptors (Lipinski definition) is 2. The zero-order valence-corrected chi connectivity index (χ0v) is 10.7. The molecule has 1 saturated carbocycles. The summed E-state index contributed by atoms with van der Waals surface area (Å²) in [6.45, 7) is 8.77. The molecule has 16 heavy (non-hydrogen) atoms. The molecular weight excluding hydrogens is 200 g/mol. The number of carbonyl (C=O) groups is 1. The van der Waals surface area contributed by atoms with Gasteiger partial charge >= 0.3 is 5.97 Å². The van der Waals surface area contributed by atoms with E-state index in [-0.39, 0.29) is 12.1 Å². The van der Waals surface area contributed by atoms with Crippen LogP contribution in [-0.2, 0) is 9.53 Å². The summed E-state index contributed by atoms with van der Waals surface area (Å²) < 4.78 is 5.62. The monoisotopic (exact) mass is 222 g/mol. The normalized spacial score (nSPS) is 35.0. The molecule has 0 heterocycles.